The topological polar surface area (TPSA) is 113 Å². The zero-order valence-corrected chi connectivity index (χ0v) is 15.5. The molecule has 0 saturated heterocycles. The second-order valence-corrected chi connectivity index (χ2v) is 6.99. The number of amides is 1. The lowest BCUT2D eigenvalue weighted by molar-refractivity contribution is -0.141. The van der Waals surface area contributed by atoms with Gasteiger partial charge in [0.05, 0.1) is 0 Å². The molecule has 0 spiro atoms. The van der Waals surface area contributed by atoms with Crippen molar-refractivity contribution in [3.63, 3.8) is 0 Å². The molecule has 1 aromatic carbocycles. The van der Waals surface area contributed by atoms with Crippen LogP contribution in [0.15, 0.2) is 24.3 Å². The fraction of sp³-hybridized carbons (Fsp3) is 0.429. The molecule has 0 bridgehead atoms. The van der Waals surface area contributed by atoms with Crippen LogP contribution in [0, 0.1) is 35.5 Å². The lowest BCUT2D eigenvalue weighted by Crippen LogP contribution is -2.60. The van der Waals surface area contributed by atoms with Gasteiger partial charge in [0.1, 0.15) is 6.04 Å². The highest BCUT2D eigenvalue weighted by Gasteiger charge is 2.36. The standard InChI is InChI=1S/C21H24N2O4/c1-3-21(2,22)18(20(26)27)23-19(25)15-10-8-14(9-11-15)6-4-5-7-16-12-17(16)13-24/h8-11,16-18,24H,3,12-13,22H2,1-2H3,(H,23,25)(H,26,27)/t16-,17+,18?,21?/m1/s1. The summed E-state index contributed by atoms with van der Waals surface area (Å²) in [6, 6.07) is 5.32. The smallest absolute Gasteiger partial charge is 0.328 e. The number of rotatable bonds is 6. The van der Waals surface area contributed by atoms with E-state index in [4.69, 9.17) is 10.8 Å². The van der Waals surface area contributed by atoms with E-state index >= 15 is 0 Å². The first-order valence-corrected chi connectivity index (χ1v) is 8.83. The number of aliphatic hydroxyl groups excluding tert-OH is 1. The molecular weight excluding hydrogens is 344 g/mol. The molecule has 1 aliphatic rings. The molecule has 1 fully saturated rings. The molecule has 6 heteroatoms. The van der Waals surface area contributed by atoms with Crippen molar-refractivity contribution in [1.82, 2.24) is 5.32 Å². The summed E-state index contributed by atoms with van der Waals surface area (Å²) in [5, 5.41) is 20.8. The largest absolute Gasteiger partial charge is 0.480 e. The number of carboxylic acids is 1. The number of nitrogens with one attached hydrogen (secondary N) is 1. The second kappa shape index (κ2) is 8.73. The van der Waals surface area contributed by atoms with Gasteiger partial charge < -0.3 is 21.3 Å². The summed E-state index contributed by atoms with van der Waals surface area (Å²) >= 11 is 0. The molecule has 5 N–H and O–H groups in total. The van der Waals surface area contributed by atoms with Gasteiger partial charge in [-0.25, -0.2) is 4.79 Å². The third-order valence-electron chi connectivity index (χ3n) is 4.77. The molecular formula is C21H24N2O4. The minimum atomic E-state index is -1.19. The first kappa shape index (κ1) is 20.5. The Morgan fingerprint density at radius 1 is 1.33 bits per heavy atom. The number of benzene rings is 1. The normalized spacial score (nSPS) is 20.7. The molecule has 6 nitrogen and oxygen atoms in total. The minimum absolute atomic E-state index is 0.167. The van der Waals surface area contributed by atoms with Gasteiger partial charge in [-0.1, -0.05) is 18.8 Å². The van der Waals surface area contributed by atoms with Crippen molar-refractivity contribution in [2.24, 2.45) is 17.6 Å². The predicted octanol–water partition coefficient (Wildman–Crippen LogP) is 0.980. The van der Waals surface area contributed by atoms with Crippen LogP contribution < -0.4 is 11.1 Å². The molecule has 1 aromatic rings. The first-order valence-electron chi connectivity index (χ1n) is 8.83. The number of carboxylic acid groups (broad SMARTS) is 1. The maximum Gasteiger partial charge on any atom is 0.328 e. The Hall–Kier alpha value is -2.80. The van der Waals surface area contributed by atoms with Crippen molar-refractivity contribution in [1.29, 1.82) is 0 Å². The summed E-state index contributed by atoms with van der Waals surface area (Å²) in [6.07, 6.45) is 1.33. The Balaban J connectivity index is 2.00. The average Bonchev–Trinajstić information content (AvgIpc) is 3.41. The molecule has 2 unspecified atom stereocenters. The number of nitrogens with two attached hydrogens (primary N) is 1. The number of aliphatic carboxylic acids is 1. The lowest BCUT2D eigenvalue weighted by Gasteiger charge is -2.30. The minimum Gasteiger partial charge on any atom is -0.480 e. The molecule has 1 aliphatic carbocycles. The number of carbonyl (C=O) groups excluding carboxylic acids is 1. The van der Waals surface area contributed by atoms with Crippen LogP contribution in [0.5, 0.6) is 0 Å². The summed E-state index contributed by atoms with van der Waals surface area (Å²) < 4.78 is 0. The van der Waals surface area contributed by atoms with Crippen LogP contribution in [0.25, 0.3) is 0 Å². The molecule has 0 aromatic heterocycles. The van der Waals surface area contributed by atoms with E-state index in [1.54, 1.807) is 38.1 Å². The van der Waals surface area contributed by atoms with Crippen molar-refractivity contribution in [3.05, 3.63) is 35.4 Å². The second-order valence-electron chi connectivity index (χ2n) is 6.99. The SMILES string of the molecule is CCC(C)(N)C(NC(=O)c1ccc(C#CC#C[C@@H]2C[C@H]2CO)cc1)C(=O)O. The maximum absolute atomic E-state index is 12.3. The molecule has 27 heavy (non-hydrogen) atoms. The van der Waals surface area contributed by atoms with Gasteiger partial charge in [0.25, 0.3) is 5.91 Å². The Labute approximate surface area is 159 Å². The molecule has 2 rings (SSSR count). The zero-order valence-electron chi connectivity index (χ0n) is 15.5. The quantitative estimate of drug-likeness (QED) is 0.559. The number of hydrogen-bond donors (Lipinski definition) is 4. The highest BCUT2D eigenvalue weighted by atomic mass is 16.4. The Kier molecular flexibility index (Phi) is 6.63. The Morgan fingerprint density at radius 3 is 2.52 bits per heavy atom. The van der Waals surface area contributed by atoms with Gasteiger partial charge >= 0.3 is 5.97 Å². The van der Waals surface area contributed by atoms with Crippen molar-refractivity contribution in [3.8, 4) is 23.7 Å². The van der Waals surface area contributed by atoms with Crippen molar-refractivity contribution >= 4 is 11.9 Å². The summed E-state index contributed by atoms with van der Waals surface area (Å²) in [7, 11) is 0. The van der Waals surface area contributed by atoms with Gasteiger partial charge in [-0.2, -0.15) is 0 Å². The first-order chi connectivity index (χ1) is 12.8. The van der Waals surface area contributed by atoms with E-state index in [1.807, 2.05) is 0 Å². The molecule has 0 aliphatic heterocycles. The van der Waals surface area contributed by atoms with Crippen LogP contribution >= 0.6 is 0 Å². The van der Waals surface area contributed by atoms with Crippen molar-refractivity contribution in [2.45, 2.75) is 38.3 Å². The third-order valence-corrected chi connectivity index (χ3v) is 4.77. The van der Waals surface area contributed by atoms with E-state index in [1.165, 1.54) is 0 Å². The summed E-state index contributed by atoms with van der Waals surface area (Å²) in [5.74, 6) is 10.3. The van der Waals surface area contributed by atoms with Crippen LogP contribution in [0.3, 0.4) is 0 Å². The maximum atomic E-state index is 12.3. The fourth-order valence-corrected chi connectivity index (χ4v) is 2.49. The van der Waals surface area contributed by atoms with Gasteiger partial charge in [0.2, 0.25) is 0 Å². The molecule has 1 saturated carbocycles. The van der Waals surface area contributed by atoms with Gasteiger partial charge in [-0.15, -0.1) is 0 Å². The van der Waals surface area contributed by atoms with Crippen molar-refractivity contribution in [2.75, 3.05) is 6.61 Å². The van der Waals surface area contributed by atoms with Crippen LogP contribution in [0.1, 0.15) is 42.6 Å². The highest BCUT2D eigenvalue weighted by molar-refractivity contribution is 5.97. The number of hydrogen-bond acceptors (Lipinski definition) is 4. The molecule has 1 amide bonds. The predicted molar refractivity (Wildman–Crippen MR) is 102 cm³/mol. The fourth-order valence-electron chi connectivity index (χ4n) is 2.49. The van der Waals surface area contributed by atoms with E-state index in [2.05, 4.69) is 29.0 Å². The summed E-state index contributed by atoms with van der Waals surface area (Å²) in [6.45, 7) is 3.53. The van der Waals surface area contributed by atoms with Crippen LogP contribution in [-0.2, 0) is 4.79 Å². The van der Waals surface area contributed by atoms with Gasteiger partial charge in [0.15, 0.2) is 0 Å². The molecule has 0 radical (unpaired) electrons. The van der Waals surface area contributed by atoms with E-state index in [9.17, 15) is 14.7 Å². The van der Waals surface area contributed by atoms with Gasteiger partial charge in [-0.3, -0.25) is 4.79 Å². The zero-order chi connectivity index (χ0) is 20.0. The number of carbonyl (C=O) groups is 2. The van der Waals surface area contributed by atoms with Crippen LogP contribution in [-0.4, -0.2) is 40.3 Å². The summed E-state index contributed by atoms with van der Waals surface area (Å²) in [5.41, 5.74) is 5.95. The molecule has 0 heterocycles. The van der Waals surface area contributed by atoms with E-state index in [0.717, 1.165) is 6.42 Å². The van der Waals surface area contributed by atoms with Gasteiger partial charge in [0, 0.05) is 29.2 Å². The van der Waals surface area contributed by atoms with Crippen molar-refractivity contribution < 1.29 is 19.8 Å². The lowest BCUT2D eigenvalue weighted by atomic mass is 9.90. The van der Waals surface area contributed by atoms with E-state index < -0.39 is 23.5 Å². The highest BCUT2D eigenvalue weighted by Crippen LogP contribution is 2.36. The average molecular weight is 368 g/mol. The van der Waals surface area contributed by atoms with Crippen LogP contribution in [0.4, 0.5) is 0 Å². The van der Waals surface area contributed by atoms with E-state index in [0.29, 0.717) is 17.5 Å². The monoisotopic (exact) mass is 368 g/mol. The van der Waals surface area contributed by atoms with E-state index in [-0.39, 0.29) is 18.4 Å². The molecule has 4 atom stereocenters. The van der Waals surface area contributed by atoms with Gasteiger partial charge in [-0.05, 0) is 61.8 Å². The number of aliphatic hydroxyl groups is 1. The molecule has 142 valence electrons. The third kappa shape index (κ3) is 5.59. The summed E-state index contributed by atoms with van der Waals surface area (Å²) in [4.78, 5) is 23.8. The Morgan fingerprint density at radius 2 is 2.00 bits per heavy atom. The Bertz CT molecular complexity index is 822. The van der Waals surface area contributed by atoms with Crippen LogP contribution in [0.2, 0.25) is 0 Å².